The van der Waals surface area contributed by atoms with E-state index in [2.05, 4.69) is 5.32 Å². The molecule has 5 rings (SSSR count). The number of nitro groups is 1. The van der Waals surface area contributed by atoms with E-state index in [9.17, 15) is 32.9 Å². The smallest absolute Gasteiger partial charge is 0.410 e. The van der Waals surface area contributed by atoms with Gasteiger partial charge in [0.15, 0.2) is 0 Å². The zero-order valence-corrected chi connectivity index (χ0v) is 35.6. The third-order valence-corrected chi connectivity index (χ3v) is 11.8. The number of nitro benzene ring substituents is 1. The summed E-state index contributed by atoms with van der Waals surface area (Å²) in [7, 11) is 0.896. The van der Waals surface area contributed by atoms with E-state index in [0.29, 0.717) is 48.7 Å². The summed E-state index contributed by atoms with van der Waals surface area (Å²) in [6, 6.07) is 24.9. The molecular weight excluding hydrogens is 797 g/mol. The lowest BCUT2D eigenvalue weighted by atomic mass is 10.0. The number of carbonyl (C=O) groups excluding carboxylic acids is 3. The summed E-state index contributed by atoms with van der Waals surface area (Å²) in [4.78, 5) is 55.8. The van der Waals surface area contributed by atoms with Gasteiger partial charge >= 0.3 is 6.09 Å². The number of amides is 3. The van der Waals surface area contributed by atoms with Crippen molar-refractivity contribution in [2.45, 2.75) is 55.2 Å². The quantitative estimate of drug-likeness (QED) is 0.0712. The van der Waals surface area contributed by atoms with Gasteiger partial charge in [-0.2, -0.15) is 0 Å². The highest BCUT2D eigenvalue weighted by Crippen LogP contribution is 2.33. The van der Waals surface area contributed by atoms with Crippen LogP contribution in [0.3, 0.4) is 0 Å². The second kappa shape index (κ2) is 19.4. The van der Waals surface area contributed by atoms with E-state index in [1.54, 1.807) is 49.6 Å². The average molecular weight is 847 g/mol. The van der Waals surface area contributed by atoms with Crippen molar-refractivity contribution in [2.75, 3.05) is 58.5 Å². The number of carbonyl (C=O) groups is 3. The second-order valence-corrected chi connectivity index (χ2v) is 18.0. The number of nitrogens with zero attached hydrogens (tertiary/aromatic N) is 4. The highest BCUT2D eigenvalue weighted by Gasteiger charge is 2.31. The molecule has 3 amide bonds. The first kappa shape index (κ1) is 44.5. The molecule has 1 aliphatic heterocycles. The summed E-state index contributed by atoms with van der Waals surface area (Å²) in [6.45, 7) is 6.94. The molecule has 59 heavy (non-hydrogen) atoms. The predicted molar refractivity (Wildman–Crippen MR) is 227 cm³/mol. The molecule has 0 radical (unpaired) electrons. The summed E-state index contributed by atoms with van der Waals surface area (Å²) in [5, 5.41) is 15.4. The lowest BCUT2D eigenvalue weighted by molar-refractivity contribution is -0.384. The predicted octanol–water partition coefficient (Wildman–Crippen LogP) is 6.49. The molecule has 0 saturated carbocycles. The number of benzene rings is 4. The zero-order chi connectivity index (χ0) is 42.9. The summed E-state index contributed by atoms with van der Waals surface area (Å²) >= 11 is 1.61. The van der Waals surface area contributed by atoms with Crippen molar-refractivity contribution in [1.29, 1.82) is 0 Å². The molecule has 0 spiro atoms. The molecule has 1 fully saturated rings. The van der Waals surface area contributed by atoms with Crippen LogP contribution in [0.2, 0.25) is 0 Å². The topological polar surface area (TPSA) is 181 Å². The van der Waals surface area contributed by atoms with Gasteiger partial charge in [0.1, 0.15) is 23.6 Å². The fourth-order valence-corrected chi connectivity index (χ4v) is 8.18. The Morgan fingerprint density at radius 3 is 2.32 bits per heavy atom. The molecule has 1 atom stereocenters. The van der Waals surface area contributed by atoms with Gasteiger partial charge in [-0.05, 0) is 101 Å². The Morgan fingerprint density at radius 1 is 0.983 bits per heavy atom. The van der Waals surface area contributed by atoms with Crippen LogP contribution in [0, 0.1) is 10.1 Å². The number of sulfonamides is 1. The number of piperazine rings is 1. The first-order valence-corrected chi connectivity index (χ1v) is 21.4. The number of thioether (sulfide) groups is 1. The summed E-state index contributed by atoms with van der Waals surface area (Å²) in [5.74, 6) is 0.00596. The van der Waals surface area contributed by atoms with Crippen LogP contribution < -0.4 is 14.8 Å². The Kier molecular flexibility index (Phi) is 14.6. The molecule has 0 bridgehead atoms. The fourth-order valence-electron chi connectivity index (χ4n) is 6.19. The summed E-state index contributed by atoms with van der Waals surface area (Å²) in [5.41, 5.74) is 1.30. The maximum absolute atomic E-state index is 13.4. The minimum Gasteiger partial charge on any atom is -0.496 e. The van der Waals surface area contributed by atoms with E-state index in [4.69, 9.17) is 9.47 Å². The molecule has 1 saturated heterocycles. The first-order valence-electron chi connectivity index (χ1n) is 18.9. The van der Waals surface area contributed by atoms with Crippen LogP contribution in [-0.4, -0.2) is 111 Å². The van der Waals surface area contributed by atoms with Crippen LogP contribution in [0.5, 0.6) is 5.75 Å². The minimum absolute atomic E-state index is 0.0457. The maximum Gasteiger partial charge on any atom is 0.410 e. The van der Waals surface area contributed by atoms with Gasteiger partial charge in [0.2, 0.25) is 5.91 Å². The van der Waals surface area contributed by atoms with Gasteiger partial charge in [0.25, 0.3) is 21.6 Å². The number of methoxy groups -OCH3 is 1. The Balaban J connectivity index is 1.24. The summed E-state index contributed by atoms with van der Waals surface area (Å²) in [6.07, 6.45) is 0.150. The number of hydrogen-bond donors (Lipinski definition) is 2. The molecule has 4 aromatic rings. The number of hydrogen-bond acceptors (Lipinski definition) is 12. The van der Waals surface area contributed by atoms with E-state index >= 15 is 0 Å². The van der Waals surface area contributed by atoms with Gasteiger partial charge in [-0.25, -0.2) is 17.9 Å². The highest BCUT2D eigenvalue weighted by atomic mass is 32.2. The fraction of sp³-hybridized carbons (Fsp3) is 0.357. The Labute approximate surface area is 349 Å². The molecule has 15 nitrogen and oxygen atoms in total. The SMILES string of the molecule is COc1cc(CN2CCN(C(=O)OC(C)(C)C)CC2=O)ccc1-c1ccc(C(=O)NS(=O)(=O)c2ccc(N[C@H](CCN(C)C)CSc3ccccc3)c([N+](=O)[O-])c2)cc1. The van der Waals surface area contributed by atoms with Gasteiger partial charge in [0, 0.05) is 53.5 Å². The third-order valence-electron chi connectivity index (χ3n) is 9.25. The van der Waals surface area contributed by atoms with Crippen molar-refractivity contribution >= 4 is 51.1 Å². The molecule has 0 aromatic heterocycles. The molecule has 0 aliphatic carbocycles. The third kappa shape index (κ3) is 12.4. The van der Waals surface area contributed by atoms with Crippen molar-refractivity contribution < 1.29 is 37.2 Å². The van der Waals surface area contributed by atoms with Crippen molar-refractivity contribution in [2.24, 2.45) is 0 Å². The van der Waals surface area contributed by atoms with E-state index < -0.39 is 43.1 Å². The normalized spacial score (nSPS) is 13.8. The van der Waals surface area contributed by atoms with E-state index in [-0.39, 0.29) is 29.7 Å². The highest BCUT2D eigenvalue weighted by molar-refractivity contribution is 7.99. The Morgan fingerprint density at radius 2 is 1.69 bits per heavy atom. The van der Waals surface area contributed by atoms with E-state index in [1.165, 1.54) is 36.3 Å². The van der Waals surface area contributed by atoms with Crippen LogP contribution in [0.25, 0.3) is 11.1 Å². The zero-order valence-electron chi connectivity index (χ0n) is 34.0. The number of anilines is 1. The lowest BCUT2D eigenvalue weighted by Gasteiger charge is -2.35. The van der Waals surface area contributed by atoms with Crippen LogP contribution in [0.1, 0.15) is 43.1 Å². The second-order valence-electron chi connectivity index (χ2n) is 15.3. The van der Waals surface area contributed by atoms with Crippen molar-refractivity contribution in [3.8, 4) is 16.9 Å². The first-order chi connectivity index (χ1) is 27.9. The van der Waals surface area contributed by atoms with Crippen LogP contribution in [0.15, 0.2) is 101 Å². The van der Waals surface area contributed by atoms with Crippen LogP contribution in [-0.2, 0) is 26.1 Å². The molecule has 0 unspecified atom stereocenters. The molecule has 1 aliphatic rings. The number of nitrogens with one attached hydrogen (secondary N) is 2. The van der Waals surface area contributed by atoms with E-state index in [1.807, 2.05) is 72.2 Å². The van der Waals surface area contributed by atoms with Crippen LogP contribution in [0.4, 0.5) is 16.2 Å². The van der Waals surface area contributed by atoms with Crippen LogP contribution >= 0.6 is 11.8 Å². The Bertz CT molecular complexity index is 2250. The molecule has 1 heterocycles. The van der Waals surface area contributed by atoms with Gasteiger partial charge < -0.3 is 24.6 Å². The van der Waals surface area contributed by atoms with Gasteiger partial charge in [-0.15, -0.1) is 11.8 Å². The molecule has 314 valence electrons. The maximum atomic E-state index is 13.4. The molecule has 17 heteroatoms. The standard InChI is InChI=1S/C42H50N6O9S2/c1-42(2,3)57-41(51)47-23-22-46(39(49)27-47)26-29-12-18-35(38(24-29)56-6)30-13-15-31(16-14-30)40(50)44-59(54,55)34-17-19-36(37(25-34)48(52)53)43-32(20-21-45(4)5)28-58-33-10-8-7-9-11-33/h7-19,24-25,32,43H,20-23,26-28H2,1-6H3,(H,44,50)/t32-/m1/s1. The number of ether oxygens (including phenoxy) is 2. The minimum atomic E-state index is -4.50. The van der Waals surface area contributed by atoms with Crippen molar-refractivity contribution in [3.63, 3.8) is 0 Å². The van der Waals surface area contributed by atoms with E-state index in [0.717, 1.165) is 23.1 Å². The van der Waals surface area contributed by atoms with Gasteiger partial charge in [0.05, 0.1) is 16.9 Å². The van der Waals surface area contributed by atoms with Gasteiger partial charge in [-0.1, -0.05) is 42.5 Å². The lowest BCUT2D eigenvalue weighted by Crippen LogP contribution is -2.52. The van der Waals surface area contributed by atoms with Crippen molar-refractivity contribution in [1.82, 2.24) is 19.4 Å². The van der Waals surface area contributed by atoms with Crippen molar-refractivity contribution in [3.05, 3.63) is 112 Å². The molecule has 4 aromatic carbocycles. The Hall–Kier alpha value is -5.65. The molecular formula is C42H50N6O9S2. The average Bonchev–Trinajstić information content (AvgIpc) is 3.19. The monoisotopic (exact) mass is 846 g/mol. The number of rotatable bonds is 16. The van der Waals surface area contributed by atoms with Gasteiger partial charge in [-0.3, -0.25) is 24.6 Å². The largest absolute Gasteiger partial charge is 0.496 e. The molecule has 2 N–H and O–H groups in total. The summed E-state index contributed by atoms with van der Waals surface area (Å²) < 4.78 is 39.9.